The van der Waals surface area contributed by atoms with Gasteiger partial charge in [0.2, 0.25) is 0 Å². The smallest absolute Gasteiger partial charge is 0.0242 e. The first-order chi connectivity index (χ1) is 9.17. The van der Waals surface area contributed by atoms with Gasteiger partial charge in [0.1, 0.15) is 0 Å². The lowest BCUT2D eigenvalue weighted by Crippen LogP contribution is -2.60. The summed E-state index contributed by atoms with van der Waals surface area (Å²) < 4.78 is 0. The van der Waals surface area contributed by atoms with E-state index in [0.717, 1.165) is 18.5 Å². The van der Waals surface area contributed by atoms with Crippen molar-refractivity contribution in [2.75, 3.05) is 13.1 Å². The predicted molar refractivity (Wildman–Crippen MR) is 80.1 cm³/mol. The summed E-state index contributed by atoms with van der Waals surface area (Å²) in [6, 6.07) is 11.7. The van der Waals surface area contributed by atoms with Gasteiger partial charge in [-0.25, -0.2) is 0 Å². The molecule has 0 amide bonds. The Morgan fingerprint density at radius 3 is 2.79 bits per heavy atom. The molecule has 0 spiro atoms. The number of nitrogens with one attached hydrogen (secondary N) is 1. The van der Waals surface area contributed by atoms with E-state index in [0.29, 0.717) is 5.54 Å². The fraction of sp³-hybridized carbons (Fsp3) is 0.647. The molecule has 0 radical (unpaired) electrons. The van der Waals surface area contributed by atoms with Crippen LogP contribution in [0.4, 0.5) is 0 Å². The highest BCUT2D eigenvalue weighted by Gasteiger charge is 2.42. The van der Waals surface area contributed by atoms with Crippen molar-refractivity contribution >= 4 is 0 Å². The van der Waals surface area contributed by atoms with Crippen molar-refractivity contribution < 1.29 is 0 Å². The molecule has 1 N–H and O–H groups in total. The first-order valence-electron chi connectivity index (χ1n) is 7.68. The first kappa shape index (κ1) is 13.1. The quantitative estimate of drug-likeness (QED) is 0.877. The monoisotopic (exact) mass is 258 g/mol. The maximum absolute atomic E-state index is 3.57. The van der Waals surface area contributed by atoms with Crippen LogP contribution in [0.3, 0.4) is 0 Å². The highest BCUT2D eigenvalue weighted by atomic mass is 15.2. The molecule has 0 saturated carbocycles. The minimum Gasteiger partial charge on any atom is -0.316 e. The summed E-state index contributed by atoms with van der Waals surface area (Å²) in [6.07, 6.45) is 4.01. The van der Waals surface area contributed by atoms with Crippen molar-refractivity contribution in [1.82, 2.24) is 10.2 Å². The summed E-state index contributed by atoms with van der Waals surface area (Å²) >= 11 is 0. The van der Waals surface area contributed by atoms with Crippen LogP contribution in [0.25, 0.3) is 0 Å². The molecule has 104 valence electrons. The van der Waals surface area contributed by atoms with E-state index in [1.807, 2.05) is 0 Å². The van der Waals surface area contributed by atoms with Gasteiger partial charge in [0.15, 0.2) is 0 Å². The van der Waals surface area contributed by atoms with Gasteiger partial charge in [0.25, 0.3) is 0 Å². The van der Waals surface area contributed by atoms with Gasteiger partial charge in [-0.2, -0.15) is 0 Å². The number of piperidine rings is 2. The minimum absolute atomic E-state index is 0.342. The Morgan fingerprint density at radius 2 is 2.00 bits per heavy atom. The van der Waals surface area contributed by atoms with E-state index >= 15 is 0 Å². The van der Waals surface area contributed by atoms with Crippen LogP contribution in [0.5, 0.6) is 0 Å². The maximum atomic E-state index is 3.57. The van der Waals surface area contributed by atoms with Gasteiger partial charge in [0.05, 0.1) is 0 Å². The van der Waals surface area contributed by atoms with E-state index in [4.69, 9.17) is 0 Å². The number of hydrogen-bond donors (Lipinski definition) is 1. The van der Waals surface area contributed by atoms with E-state index in [-0.39, 0.29) is 0 Å². The van der Waals surface area contributed by atoms with Gasteiger partial charge in [-0.05, 0) is 57.7 Å². The van der Waals surface area contributed by atoms with Crippen LogP contribution in [0.2, 0.25) is 0 Å². The Bertz CT molecular complexity index is 413. The Morgan fingerprint density at radius 1 is 1.21 bits per heavy atom. The van der Waals surface area contributed by atoms with E-state index < -0.39 is 0 Å². The number of nitrogens with zero attached hydrogens (tertiary/aromatic N) is 1. The molecule has 2 heteroatoms. The van der Waals surface area contributed by atoms with E-state index in [1.165, 1.54) is 37.9 Å². The van der Waals surface area contributed by atoms with Crippen molar-refractivity contribution in [3.05, 3.63) is 35.9 Å². The average molecular weight is 258 g/mol. The van der Waals surface area contributed by atoms with Gasteiger partial charge in [0, 0.05) is 18.1 Å². The fourth-order valence-electron chi connectivity index (χ4n) is 3.86. The van der Waals surface area contributed by atoms with E-state index in [2.05, 4.69) is 54.4 Å². The summed E-state index contributed by atoms with van der Waals surface area (Å²) in [5.41, 5.74) is 1.80. The largest absolute Gasteiger partial charge is 0.316 e. The normalized spacial score (nSPS) is 30.8. The topological polar surface area (TPSA) is 15.3 Å². The second-order valence-electron chi connectivity index (χ2n) is 6.78. The van der Waals surface area contributed by atoms with Crippen molar-refractivity contribution in [2.24, 2.45) is 5.92 Å². The summed E-state index contributed by atoms with van der Waals surface area (Å²) in [5.74, 6) is 0.852. The van der Waals surface area contributed by atoms with Gasteiger partial charge >= 0.3 is 0 Å². The van der Waals surface area contributed by atoms with Crippen LogP contribution < -0.4 is 5.32 Å². The van der Waals surface area contributed by atoms with Crippen molar-refractivity contribution in [2.45, 2.75) is 51.2 Å². The summed E-state index contributed by atoms with van der Waals surface area (Å²) in [5, 5.41) is 3.57. The standard InChI is InChI=1S/C17H26N2/c1-17(2)10-8-15-12-18-11-9-16(15)19(17)13-14-6-4-3-5-7-14/h3-7,15-16,18H,8-13H2,1-2H3. The number of rotatable bonds is 2. The second-order valence-corrected chi connectivity index (χ2v) is 6.78. The highest BCUT2D eigenvalue weighted by molar-refractivity contribution is 5.16. The van der Waals surface area contributed by atoms with Crippen LogP contribution in [-0.4, -0.2) is 29.6 Å². The highest BCUT2D eigenvalue weighted by Crippen LogP contribution is 2.38. The van der Waals surface area contributed by atoms with Gasteiger partial charge in [-0.1, -0.05) is 30.3 Å². The SMILES string of the molecule is CC1(C)CCC2CNCCC2N1Cc1ccccc1. The number of benzene rings is 1. The summed E-state index contributed by atoms with van der Waals surface area (Å²) in [4.78, 5) is 2.78. The lowest BCUT2D eigenvalue weighted by atomic mass is 9.76. The molecule has 1 aromatic rings. The zero-order valence-electron chi connectivity index (χ0n) is 12.2. The fourth-order valence-corrected chi connectivity index (χ4v) is 3.86. The molecule has 0 bridgehead atoms. The van der Waals surface area contributed by atoms with Crippen molar-refractivity contribution in [3.8, 4) is 0 Å². The molecule has 2 aliphatic heterocycles. The molecule has 2 heterocycles. The van der Waals surface area contributed by atoms with Crippen molar-refractivity contribution in [3.63, 3.8) is 0 Å². The first-order valence-corrected chi connectivity index (χ1v) is 7.68. The summed E-state index contributed by atoms with van der Waals surface area (Å²) in [7, 11) is 0. The Labute approximate surface area is 117 Å². The molecule has 2 atom stereocenters. The lowest BCUT2D eigenvalue weighted by Gasteiger charge is -2.53. The van der Waals surface area contributed by atoms with Crippen molar-refractivity contribution in [1.29, 1.82) is 0 Å². The maximum Gasteiger partial charge on any atom is 0.0242 e. The minimum atomic E-state index is 0.342. The Hall–Kier alpha value is -0.860. The van der Waals surface area contributed by atoms with E-state index in [1.54, 1.807) is 0 Å². The molecular weight excluding hydrogens is 232 g/mol. The molecule has 2 aliphatic rings. The zero-order chi connectivity index (χ0) is 13.3. The number of likely N-dealkylation sites (tertiary alicyclic amines) is 1. The third kappa shape index (κ3) is 2.70. The number of hydrogen-bond acceptors (Lipinski definition) is 2. The third-order valence-electron chi connectivity index (χ3n) is 5.07. The Kier molecular flexibility index (Phi) is 3.64. The molecule has 0 aromatic heterocycles. The van der Waals surface area contributed by atoms with Crippen LogP contribution in [0.1, 0.15) is 38.7 Å². The lowest BCUT2D eigenvalue weighted by molar-refractivity contribution is -0.0315. The van der Waals surface area contributed by atoms with Crippen LogP contribution in [-0.2, 0) is 6.54 Å². The van der Waals surface area contributed by atoms with Gasteiger partial charge in [-0.15, -0.1) is 0 Å². The molecule has 19 heavy (non-hydrogen) atoms. The molecule has 2 nitrogen and oxygen atoms in total. The molecule has 1 aromatic carbocycles. The van der Waals surface area contributed by atoms with Gasteiger partial charge < -0.3 is 5.32 Å². The molecular formula is C17H26N2. The molecule has 2 unspecified atom stereocenters. The Balaban J connectivity index is 1.81. The molecule has 3 rings (SSSR count). The molecule has 2 saturated heterocycles. The number of fused-ring (bicyclic) bond motifs is 1. The van der Waals surface area contributed by atoms with Gasteiger partial charge in [-0.3, -0.25) is 4.90 Å². The average Bonchev–Trinajstić information content (AvgIpc) is 2.43. The second kappa shape index (κ2) is 5.26. The third-order valence-corrected chi connectivity index (χ3v) is 5.07. The van der Waals surface area contributed by atoms with Crippen LogP contribution >= 0.6 is 0 Å². The van der Waals surface area contributed by atoms with Crippen LogP contribution in [0.15, 0.2) is 30.3 Å². The van der Waals surface area contributed by atoms with Crippen LogP contribution in [0, 0.1) is 5.92 Å². The summed E-state index contributed by atoms with van der Waals surface area (Å²) in [6.45, 7) is 8.35. The molecule has 2 fully saturated rings. The molecule has 0 aliphatic carbocycles. The zero-order valence-corrected chi connectivity index (χ0v) is 12.2. The predicted octanol–water partition coefficient (Wildman–Crippen LogP) is 3.04. The van der Waals surface area contributed by atoms with E-state index in [9.17, 15) is 0 Å².